The summed E-state index contributed by atoms with van der Waals surface area (Å²) in [5.74, 6) is -0.674. The first-order valence-electron chi connectivity index (χ1n) is 17.1. The molecule has 0 bridgehead atoms. The number of nitrogens with zero attached hydrogens (tertiary/aromatic N) is 2. The van der Waals surface area contributed by atoms with Gasteiger partial charge in [0.05, 0.1) is 6.04 Å². The molecule has 0 aliphatic carbocycles. The van der Waals surface area contributed by atoms with E-state index in [1.165, 1.54) is 28.4 Å². The van der Waals surface area contributed by atoms with E-state index in [1.807, 2.05) is 34.6 Å². The Labute approximate surface area is 307 Å². The van der Waals surface area contributed by atoms with Crippen molar-refractivity contribution in [2.75, 3.05) is 26.7 Å². The van der Waals surface area contributed by atoms with Crippen LogP contribution >= 0.6 is 11.3 Å². The summed E-state index contributed by atoms with van der Waals surface area (Å²) in [5.41, 5.74) is -1.38. The number of sulfonamides is 1. The Morgan fingerprint density at radius 2 is 1.75 bits per heavy atom. The van der Waals surface area contributed by atoms with Crippen LogP contribution in [0.2, 0.25) is 0 Å². The van der Waals surface area contributed by atoms with Crippen molar-refractivity contribution in [1.29, 1.82) is 0 Å². The SMILES string of the molecule is C#CCCC(NC(=O)[C@@H]1[C@@H](C(C)C)CCN1C(=O)[C@@H](NC(=O)N[C@H](CN(C)S(=O)(=O)c1cccs1)C(C)(C)C)C(C)(C)C)C(=O)C(=O)NCC=C. The van der Waals surface area contributed by atoms with Crippen molar-refractivity contribution >= 4 is 50.9 Å². The van der Waals surface area contributed by atoms with Crippen LogP contribution in [0.5, 0.6) is 0 Å². The number of rotatable bonds is 16. The van der Waals surface area contributed by atoms with Crippen LogP contribution in [0.15, 0.2) is 34.4 Å². The average molecular weight is 749 g/mol. The number of carbonyl (C=O) groups is 5. The smallest absolute Gasteiger partial charge is 0.315 e. The van der Waals surface area contributed by atoms with Gasteiger partial charge in [-0.2, -0.15) is 4.31 Å². The van der Waals surface area contributed by atoms with Crippen LogP contribution in [0, 0.1) is 35.0 Å². The van der Waals surface area contributed by atoms with Gasteiger partial charge in [0, 0.05) is 39.1 Å². The number of ketones is 1. The second-order valence-corrected chi connectivity index (χ2v) is 18.6. The Morgan fingerprint density at radius 1 is 1.10 bits per heavy atom. The summed E-state index contributed by atoms with van der Waals surface area (Å²) in [6, 6.07) is -1.42. The largest absolute Gasteiger partial charge is 0.346 e. The molecule has 0 saturated carbocycles. The van der Waals surface area contributed by atoms with E-state index in [1.54, 1.807) is 32.2 Å². The van der Waals surface area contributed by atoms with E-state index in [4.69, 9.17) is 6.42 Å². The number of Topliss-reactive ketones (excluding diaryl/α,β-unsaturated/α-hetero) is 1. The van der Waals surface area contributed by atoms with E-state index in [0.717, 1.165) is 11.3 Å². The van der Waals surface area contributed by atoms with Crippen LogP contribution in [0.3, 0.4) is 0 Å². The summed E-state index contributed by atoms with van der Waals surface area (Å²) < 4.78 is 27.7. The second kappa shape index (κ2) is 18.1. The topological polar surface area (TPSA) is 174 Å². The zero-order chi connectivity index (χ0) is 38.9. The van der Waals surface area contributed by atoms with Gasteiger partial charge in [-0.15, -0.1) is 30.3 Å². The highest BCUT2D eigenvalue weighted by Gasteiger charge is 2.48. The predicted octanol–water partition coefficient (Wildman–Crippen LogP) is 3.14. The Kier molecular flexibility index (Phi) is 15.5. The van der Waals surface area contributed by atoms with Crippen LogP contribution < -0.4 is 21.3 Å². The van der Waals surface area contributed by atoms with Crippen LogP contribution in [0.1, 0.15) is 74.7 Å². The van der Waals surface area contributed by atoms with Gasteiger partial charge in [-0.1, -0.05) is 67.5 Å². The van der Waals surface area contributed by atoms with Gasteiger partial charge in [0.1, 0.15) is 16.3 Å². The molecule has 13 nitrogen and oxygen atoms in total. The fourth-order valence-corrected chi connectivity index (χ4v) is 8.25. The molecule has 1 aromatic heterocycles. The zero-order valence-corrected chi connectivity index (χ0v) is 33.0. The molecule has 0 aromatic carbocycles. The van der Waals surface area contributed by atoms with Crippen molar-refractivity contribution < 1.29 is 32.4 Å². The Hall–Kier alpha value is -3.74. The molecule has 1 aliphatic heterocycles. The number of urea groups is 1. The minimum absolute atomic E-state index is 0.0198. The highest BCUT2D eigenvalue weighted by Crippen LogP contribution is 2.34. The van der Waals surface area contributed by atoms with Crippen molar-refractivity contribution in [3.05, 3.63) is 30.2 Å². The van der Waals surface area contributed by atoms with E-state index >= 15 is 0 Å². The number of hydrogen-bond acceptors (Lipinski definition) is 8. The highest BCUT2D eigenvalue weighted by atomic mass is 32.2. The molecule has 2 rings (SSSR count). The molecule has 0 spiro atoms. The Balaban J connectivity index is 2.36. The summed E-state index contributed by atoms with van der Waals surface area (Å²) in [6.45, 7) is 18.7. The molecule has 4 N–H and O–H groups in total. The lowest BCUT2D eigenvalue weighted by molar-refractivity contribution is -0.144. The van der Waals surface area contributed by atoms with Crippen molar-refractivity contribution in [1.82, 2.24) is 30.5 Å². The standard InChI is InChI=1S/C36H56N6O7S2/c1-12-14-16-25(29(43)32(45)37-19-13-2)38-31(44)28-24(23(3)4)18-20-42(28)33(46)30(36(8,9)10)40-34(47)39-26(35(5,6)7)22-41(11)51(48,49)27-17-15-21-50-27/h1,13,15,17,21,23-26,28,30H,2,14,16,18-20,22H2,3-11H3,(H,37,45)(H,38,44)(H2,39,40,47)/t24-,25?,26-,28+,30-/m1/s1. The molecule has 5 amide bonds. The normalized spacial score (nSPS) is 18.4. The molecule has 2 heterocycles. The maximum absolute atomic E-state index is 14.4. The number of likely N-dealkylation sites (N-methyl/N-ethyl adjacent to an activating group) is 1. The highest BCUT2D eigenvalue weighted by molar-refractivity contribution is 7.91. The Bertz CT molecular complexity index is 1550. The van der Waals surface area contributed by atoms with Crippen molar-refractivity contribution in [3.8, 4) is 12.3 Å². The Morgan fingerprint density at radius 3 is 2.25 bits per heavy atom. The van der Waals surface area contributed by atoms with Crippen LogP contribution in [0.4, 0.5) is 4.79 Å². The first kappa shape index (κ1) is 43.4. The third-order valence-corrected chi connectivity index (χ3v) is 12.2. The van der Waals surface area contributed by atoms with Crippen LogP contribution in [-0.2, 0) is 29.2 Å². The number of amides is 5. The van der Waals surface area contributed by atoms with Crippen molar-refractivity contribution in [2.45, 2.75) is 103 Å². The van der Waals surface area contributed by atoms with Gasteiger partial charge >= 0.3 is 6.03 Å². The minimum atomic E-state index is -3.79. The third-order valence-electron chi connectivity index (χ3n) is 9.03. The molecule has 5 atom stereocenters. The zero-order valence-electron chi connectivity index (χ0n) is 31.4. The lowest BCUT2D eigenvalue weighted by Gasteiger charge is -2.38. The second-order valence-electron chi connectivity index (χ2n) is 15.4. The number of likely N-dealkylation sites (tertiary alicyclic amines) is 1. The fourth-order valence-electron chi connectivity index (χ4n) is 5.86. The fraction of sp³-hybridized carbons (Fsp3) is 0.639. The van der Waals surface area contributed by atoms with Crippen molar-refractivity contribution in [3.63, 3.8) is 0 Å². The number of nitrogens with one attached hydrogen (secondary N) is 4. The molecule has 15 heteroatoms. The van der Waals surface area contributed by atoms with Gasteiger partial charge in [0.15, 0.2) is 0 Å². The molecular formula is C36H56N6O7S2. The molecule has 284 valence electrons. The lowest BCUT2D eigenvalue weighted by Crippen LogP contribution is -2.62. The van der Waals surface area contributed by atoms with Gasteiger partial charge in [0.25, 0.3) is 15.9 Å². The molecule has 1 aromatic rings. The van der Waals surface area contributed by atoms with Gasteiger partial charge in [0.2, 0.25) is 17.6 Å². The number of terminal acetylenes is 1. The van der Waals surface area contributed by atoms with E-state index in [9.17, 15) is 32.4 Å². The van der Waals surface area contributed by atoms with Crippen LogP contribution in [0.25, 0.3) is 0 Å². The minimum Gasteiger partial charge on any atom is -0.346 e. The summed E-state index contributed by atoms with van der Waals surface area (Å²) in [4.78, 5) is 69.0. The summed E-state index contributed by atoms with van der Waals surface area (Å²) >= 11 is 1.10. The average Bonchev–Trinajstić information content (AvgIpc) is 3.74. The molecule has 1 aliphatic rings. The van der Waals surface area contributed by atoms with Gasteiger partial charge in [-0.25, -0.2) is 13.2 Å². The predicted molar refractivity (Wildman–Crippen MR) is 199 cm³/mol. The van der Waals surface area contributed by atoms with Gasteiger partial charge < -0.3 is 26.2 Å². The molecular weight excluding hydrogens is 693 g/mol. The number of hydrogen-bond donors (Lipinski definition) is 4. The summed E-state index contributed by atoms with van der Waals surface area (Å²) in [5, 5.41) is 12.5. The quantitative estimate of drug-likeness (QED) is 0.114. The maximum atomic E-state index is 14.4. The monoisotopic (exact) mass is 748 g/mol. The lowest BCUT2D eigenvalue weighted by atomic mass is 9.84. The van der Waals surface area contributed by atoms with Gasteiger partial charge in [-0.3, -0.25) is 19.2 Å². The molecule has 0 radical (unpaired) electrons. The number of thiophene rings is 1. The molecule has 1 saturated heterocycles. The van der Waals surface area contributed by atoms with Gasteiger partial charge in [-0.05, 0) is 47.0 Å². The maximum Gasteiger partial charge on any atom is 0.315 e. The summed E-state index contributed by atoms with van der Waals surface area (Å²) in [7, 11) is -2.33. The van der Waals surface area contributed by atoms with E-state index in [2.05, 4.69) is 33.8 Å². The van der Waals surface area contributed by atoms with Crippen LogP contribution in [-0.4, -0.2) is 98.0 Å². The molecule has 51 heavy (non-hydrogen) atoms. The molecule has 1 unspecified atom stereocenters. The van der Waals surface area contributed by atoms with Crippen molar-refractivity contribution in [2.24, 2.45) is 22.7 Å². The number of carbonyl (C=O) groups excluding carboxylic acids is 5. The van der Waals surface area contributed by atoms with E-state index in [0.29, 0.717) is 6.42 Å². The first-order chi connectivity index (χ1) is 23.6. The molecule has 1 fully saturated rings. The first-order valence-corrected chi connectivity index (χ1v) is 19.4. The van der Waals surface area contributed by atoms with E-state index < -0.39 is 74.6 Å². The van der Waals surface area contributed by atoms with E-state index in [-0.39, 0.29) is 48.5 Å². The third kappa shape index (κ3) is 11.6. The summed E-state index contributed by atoms with van der Waals surface area (Å²) in [6.07, 6.45) is 7.52.